The molecule has 27 heavy (non-hydrogen) atoms. The fraction of sp³-hybridized carbons (Fsp3) is 0.250. The lowest BCUT2D eigenvalue weighted by Crippen LogP contribution is -2.33. The third-order valence-electron chi connectivity index (χ3n) is 3.98. The van der Waals surface area contributed by atoms with Gasteiger partial charge in [0.1, 0.15) is 6.61 Å². The van der Waals surface area contributed by atoms with Gasteiger partial charge in [-0.05, 0) is 43.7 Å². The number of rotatable bonds is 7. The molecule has 0 atom stereocenters. The van der Waals surface area contributed by atoms with Gasteiger partial charge in [0.25, 0.3) is 0 Å². The zero-order valence-electron chi connectivity index (χ0n) is 15.4. The van der Waals surface area contributed by atoms with Crippen molar-refractivity contribution in [1.82, 2.24) is 4.31 Å². The average Bonchev–Trinajstić information content (AvgIpc) is 2.65. The molecule has 0 fully saturated rings. The standard InChI is InChI=1S/C20H22ClNO4S/c1-15(2)22(3)27(24,25)17-11-12-19(21)18(14-17)20(23)26-13-7-10-16-8-5-4-6-9-16/h4-12,14-15H,13H2,1-3H3/b10-7+. The molecule has 0 saturated carbocycles. The first-order valence-electron chi connectivity index (χ1n) is 8.40. The quantitative estimate of drug-likeness (QED) is 0.644. The van der Waals surface area contributed by atoms with Crippen LogP contribution in [0.25, 0.3) is 6.08 Å². The summed E-state index contributed by atoms with van der Waals surface area (Å²) >= 11 is 6.06. The Bertz CT molecular complexity index is 924. The highest BCUT2D eigenvalue weighted by Gasteiger charge is 2.25. The number of ether oxygens (including phenoxy) is 1. The molecule has 144 valence electrons. The Hall–Kier alpha value is -2.15. The van der Waals surface area contributed by atoms with E-state index in [1.54, 1.807) is 19.9 Å². The first kappa shape index (κ1) is 21.2. The number of esters is 1. The second-order valence-corrected chi connectivity index (χ2v) is 8.57. The minimum Gasteiger partial charge on any atom is -0.458 e. The Kier molecular flexibility index (Phi) is 7.18. The zero-order valence-corrected chi connectivity index (χ0v) is 17.0. The predicted molar refractivity (Wildman–Crippen MR) is 107 cm³/mol. The molecule has 0 aliphatic carbocycles. The summed E-state index contributed by atoms with van der Waals surface area (Å²) in [4.78, 5) is 12.3. The minimum absolute atomic E-state index is 0.00474. The average molecular weight is 408 g/mol. The van der Waals surface area contributed by atoms with Gasteiger partial charge in [0.15, 0.2) is 0 Å². The van der Waals surface area contributed by atoms with Gasteiger partial charge in [0, 0.05) is 13.1 Å². The molecule has 0 heterocycles. The summed E-state index contributed by atoms with van der Waals surface area (Å²) in [6, 6.07) is 13.4. The Morgan fingerprint density at radius 3 is 2.48 bits per heavy atom. The van der Waals surface area contributed by atoms with Crippen LogP contribution in [-0.4, -0.2) is 38.4 Å². The molecule has 0 aliphatic heterocycles. The van der Waals surface area contributed by atoms with E-state index in [-0.39, 0.29) is 28.1 Å². The lowest BCUT2D eigenvalue weighted by atomic mass is 10.2. The van der Waals surface area contributed by atoms with Crippen molar-refractivity contribution in [2.24, 2.45) is 0 Å². The van der Waals surface area contributed by atoms with Crippen molar-refractivity contribution in [1.29, 1.82) is 0 Å². The molecule has 2 rings (SSSR count). The number of carbonyl (C=O) groups excluding carboxylic acids is 1. The zero-order chi connectivity index (χ0) is 20.0. The van der Waals surface area contributed by atoms with Gasteiger partial charge in [-0.1, -0.05) is 48.0 Å². The number of hydrogen-bond acceptors (Lipinski definition) is 4. The lowest BCUT2D eigenvalue weighted by molar-refractivity contribution is 0.0550. The van der Waals surface area contributed by atoms with Gasteiger partial charge in [-0.25, -0.2) is 13.2 Å². The van der Waals surface area contributed by atoms with Crippen LogP contribution >= 0.6 is 11.6 Å². The van der Waals surface area contributed by atoms with Crippen LogP contribution in [0.2, 0.25) is 5.02 Å². The molecule has 0 spiro atoms. The highest BCUT2D eigenvalue weighted by molar-refractivity contribution is 7.89. The summed E-state index contributed by atoms with van der Waals surface area (Å²) in [5.74, 6) is -0.679. The summed E-state index contributed by atoms with van der Waals surface area (Å²) in [5.41, 5.74) is 0.999. The van der Waals surface area contributed by atoms with Gasteiger partial charge < -0.3 is 4.74 Å². The molecule has 0 aromatic heterocycles. The van der Waals surface area contributed by atoms with Crippen LogP contribution < -0.4 is 0 Å². The predicted octanol–water partition coefficient (Wildman–Crippen LogP) is 4.24. The van der Waals surface area contributed by atoms with Crippen molar-refractivity contribution < 1.29 is 17.9 Å². The fourth-order valence-corrected chi connectivity index (χ4v) is 3.80. The number of hydrogen-bond donors (Lipinski definition) is 0. The second-order valence-electron chi connectivity index (χ2n) is 6.17. The van der Waals surface area contributed by atoms with Gasteiger partial charge >= 0.3 is 5.97 Å². The molecule has 2 aromatic carbocycles. The van der Waals surface area contributed by atoms with Gasteiger partial charge in [-0.2, -0.15) is 4.31 Å². The topological polar surface area (TPSA) is 63.7 Å². The van der Waals surface area contributed by atoms with Crippen LogP contribution in [0.3, 0.4) is 0 Å². The number of nitrogens with zero attached hydrogens (tertiary/aromatic N) is 1. The van der Waals surface area contributed by atoms with E-state index in [0.717, 1.165) is 5.56 Å². The summed E-state index contributed by atoms with van der Waals surface area (Å²) in [7, 11) is -2.23. The van der Waals surface area contributed by atoms with Crippen LogP contribution in [0, 0.1) is 0 Å². The third kappa shape index (κ3) is 5.42. The molecule has 0 bridgehead atoms. The summed E-state index contributed by atoms with van der Waals surface area (Å²) < 4.78 is 31.6. The van der Waals surface area contributed by atoms with E-state index < -0.39 is 16.0 Å². The van der Waals surface area contributed by atoms with E-state index in [0.29, 0.717) is 0 Å². The van der Waals surface area contributed by atoms with Crippen LogP contribution in [0.15, 0.2) is 59.5 Å². The summed E-state index contributed by atoms with van der Waals surface area (Å²) in [6.45, 7) is 3.58. The first-order chi connectivity index (χ1) is 12.7. The van der Waals surface area contributed by atoms with E-state index >= 15 is 0 Å². The Balaban J connectivity index is 2.13. The second kappa shape index (κ2) is 9.17. The minimum atomic E-state index is -3.72. The Morgan fingerprint density at radius 1 is 1.19 bits per heavy atom. The molecule has 0 unspecified atom stereocenters. The molecular weight excluding hydrogens is 386 g/mol. The van der Waals surface area contributed by atoms with E-state index in [4.69, 9.17) is 16.3 Å². The Labute approximate surface area is 165 Å². The van der Waals surface area contributed by atoms with Gasteiger partial charge in [-0.15, -0.1) is 0 Å². The number of benzene rings is 2. The molecule has 0 radical (unpaired) electrons. The lowest BCUT2D eigenvalue weighted by Gasteiger charge is -2.21. The van der Waals surface area contributed by atoms with Crippen molar-refractivity contribution in [3.63, 3.8) is 0 Å². The van der Waals surface area contributed by atoms with Crippen molar-refractivity contribution in [3.8, 4) is 0 Å². The first-order valence-corrected chi connectivity index (χ1v) is 10.2. The maximum absolute atomic E-state index is 12.6. The fourth-order valence-electron chi connectivity index (χ4n) is 2.21. The normalized spacial score (nSPS) is 12.1. The number of sulfonamides is 1. The number of carbonyl (C=O) groups is 1. The highest BCUT2D eigenvalue weighted by atomic mass is 35.5. The van der Waals surface area contributed by atoms with Crippen molar-refractivity contribution in [3.05, 3.63) is 70.8 Å². The van der Waals surface area contributed by atoms with Crippen LogP contribution in [0.5, 0.6) is 0 Å². The SMILES string of the molecule is CC(C)N(C)S(=O)(=O)c1ccc(Cl)c(C(=O)OC/C=C/c2ccccc2)c1. The van der Waals surface area contributed by atoms with Crippen molar-refractivity contribution in [2.45, 2.75) is 24.8 Å². The third-order valence-corrected chi connectivity index (χ3v) is 6.34. The van der Waals surface area contributed by atoms with E-state index in [1.807, 2.05) is 36.4 Å². The van der Waals surface area contributed by atoms with Crippen LogP contribution in [0.4, 0.5) is 0 Å². The van der Waals surface area contributed by atoms with Crippen molar-refractivity contribution in [2.75, 3.05) is 13.7 Å². The van der Waals surface area contributed by atoms with E-state index in [1.165, 1.54) is 29.6 Å². The largest absolute Gasteiger partial charge is 0.458 e. The molecule has 2 aromatic rings. The maximum Gasteiger partial charge on any atom is 0.340 e. The molecular formula is C20H22ClNO4S. The maximum atomic E-state index is 12.6. The molecule has 0 saturated heterocycles. The van der Waals surface area contributed by atoms with Gasteiger partial charge in [0.05, 0.1) is 15.5 Å². The highest BCUT2D eigenvalue weighted by Crippen LogP contribution is 2.24. The molecule has 0 amide bonds. The summed E-state index contributed by atoms with van der Waals surface area (Å²) in [5, 5.41) is 0.137. The van der Waals surface area contributed by atoms with Crippen LogP contribution in [-0.2, 0) is 14.8 Å². The molecule has 7 heteroatoms. The Morgan fingerprint density at radius 2 is 1.85 bits per heavy atom. The molecule has 0 aliphatic rings. The molecule has 0 N–H and O–H groups in total. The van der Waals surface area contributed by atoms with E-state index in [9.17, 15) is 13.2 Å². The molecule has 5 nitrogen and oxygen atoms in total. The van der Waals surface area contributed by atoms with Crippen LogP contribution in [0.1, 0.15) is 29.8 Å². The summed E-state index contributed by atoms with van der Waals surface area (Å²) in [6.07, 6.45) is 3.53. The van der Waals surface area contributed by atoms with E-state index in [2.05, 4.69) is 0 Å². The number of halogens is 1. The van der Waals surface area contributed by atoms with Crippen molar-refractivity contribution >= 4 is 33.7 Å². The van der Waals surface area contributed by atoms with Gasteiger partial charge in [-0.3, -0.25) is 0 Å². The monoisotopic (exact) mass is 407 g/mol. The smallest absolute Gasteiger partial charge is 0.340 e. The van der Waals surface area contributed by atoms with Gasteiger partial charge in [0.2, 0.25) is 10.0 Å².